The summed E-state index contributed by atoms with van der Waals surface area (Å²) in [6.07, 6.45) is -5.58. The van der Waals surface area contributed by atoms with Crippen LogP contribution in [-0.2, 0) is 6.18 Å². The standard InChI is InChI=1S/C19H13F3O2/c1-24-18-12-6-15(7-13-18)5-11-17(23)10-4-14-2-8-16(9-3-14)19(20,21)22/h2-3,6-9,12-13,17,23H,1H3. The molecule has 1 atom stereocenters. The van der Waals surface area contributed by atoms with Crippen molar-refractivity contribution in [3.63, 3.8) is 0 Å². The van der Waals surface area contributed by atoms with Gasteiger partial charge in [-0.1, -0.05) is 23.7 Å². The topological polar surface area (TPSA) is 29.5 Å². The molecular formula is C19H13F3O2. The summed E-state index contributed by atoms with van der Waals surface area (Å²) in [5.74, 6) is 11.1. The molecule has 2 aromatic carbocycles. The zero-order chi connectivity index (χ0) is 17.6. The maximum absolute atomic E-state index is 12.4. The Labute approximate surface area is 137 Å². The Bertz CT molecular complexity index is 799. The van der Waals surface area contributed by atoms with E-state index >= 15 is 0 Å². The molecule has 0 aliphatic carbocycles. The van der Waals surface area contributed by atoms with E-state index in [4.69, 9.17) is 4.74 Å². The van der Waals surface area contributed by atoms with Crippen molar-refractivity contribution in [3.8, 4) is 29.4 Å². The maximum Gasteiger partial charge on any atom is 0.416 e. The Hall–Kier alpha value is -2.89. The van der Waals surface area contributed by atoms with Gasteiger partial charge in [-0.15, -0.1) is 0 Å². The molecule has 1 unspecified atom stereocenters. The van der Waals surface area contributed by atoms with Gasteiger partial charge in [0.05, 0.1) is 12.7 Å². The average molecular weight is 330 g/mol. The van der Waals surface area contributed by atoms with Crippen LogP contribution in [0.5, 0.6) is 5.75 Å². The minimum absolute atomic E-state index is 0.369. The molecule has 122 valence electrons. The molecule has 0 bridgehead atoms. The van der Waals surface area contributed by atoms with Crippen LogP contribution in [0.4, 0.5) is 13.2 Å². The van der Waals surface area contributed by atoms with Gasteiger partial charge >= 0.3 is 6.18 Å². The van der Waals surface area contributed by atoms with E-state index in [0.29, 0.717) is 16.9 Å². The molecule has 5 heteroatoms. The van der Waals surface area contributed by atoms with Crippen LogP contribution in [0.15, 0.2) is 48.5 Å². The third-order valence-electron chi connectivity index (χ3n) is 3.01. The maximum atomic E-state index is 12.4. The van der Waals surface area contributed by atoms with Crippen LogP contribution in [0.25, 0.3) is 0 Å². The lowest BCUT2D eigenvalue weighted by atomic mass is 10.1. The van der Waals surface area contributed by atoms with E-state index < -0.39 is 17.8 Å². The summed E-state index contributed by atoms with van der Waals surface area (Å²) in [4.78, 5) is 0. The lowest BCUT2D eigenvalue weighted by Gasteiger charge is -2.05. The molecule has 2 aromatic rings. The predicted octanol–water partition coefficient (Wildman–Crippen LogP) is 3.48. The quantitative estimate of drug-likeness (QED) is 0.811. The fourth-order valence-corrected chi connectivity index (χ4v) is 1.76. The van der Waals surface area contributed by atoms with Crippen LogP contribution in [-0.4, -0.2) is 18.3 Å². The van der Waals surface area contributed by atoms with Crippen LogP contribution in [0.1, 0.15) is 16.7 Å². The Balaban J connectivity index is 2.04. The molecule has 0 radical (unpaired) electrons. The monoisotopic (exact) mass is 330 g/mol. The van der Waals surface area contributed by atoms with Crippen molar-refractivity contribution in [3.05, 3.63) is 65.2 Å². The molecular weight excluding hydrogens is 317 g/mol. The molecule has 0 fully saturated rings. The third kappa shape index (κ3) is 5.08. The molecule has 0 aliphatic heterocycles. The summed E-state index contributed by atoms with van der Waals surface area (Å²) in [5.41, 5.74) is 0.312. The summed E-state index contributed by atoms with van der Waals surface area (Å²) in [6.45, 7) is 0. The van der Waals surface area contributed by atoms with Crippen LogP contribution < -0.4 is 4.74 Å². The van der Waals surface area contributed by atoms with Crippen molar-refractivity contribution in [2.45, 2.75) is 12.3 Å². The predicted molar refractivity (Wildman–Crippen MR) is 84.2 cm³/mol. The number of hydrogen-bond donors (Lipinski definition) is 1. The number of methoxy groups -OCH3 is 1. The lowest BCUT2D eigenvalue weighted by molar-refractivity contribution is -0.137. The number of alkyl halides is 3. The zero-order valence-corrected chi connectivity index (χ0v) is 12.7. The van der Waals surface area contributed by atoms with Crippen molar-refractivity contribution in [2.24, 2.45) is 0 Å². The highest BCUT2D eigenvalue weighted by atomic mass is 19.4. The van der Waals surface area contributed by atoms with E-state index in [0.717, 1.165) is 12.1 Å². The van der Waals surface area contributed by atoms with E-state index in [-0.39, 0.29) is 0 Å². The number of ether oxygens (including phenoxy) is 1. The first-order chi connectivity index (χ1) is 11.4. The Kier molecular flexibility index (Phi) is 5.52. The fourth-order valence-electron chi connectivity index (χ4n) is 1.76. The highest BCUT2D eigenvalue weighted by Gasteiger charge is 2.29. The van der Waals surface area contributed by atoms with Crippen molar-refractivity contribution in [2.75, 3.05) is 7.11 Å². The molecule has 0 amide bonds. The first-order valence-corrected chi connectivity index (χ1v) is 6.91. The third-order valence-corrected chi connectivity index (χ3v) is 3.01. The number of rotatable bonds is 1. The summed E-state index contributed by atoms with van der Waals surface area (Å²) < 4.78 is 42.3. The fraction of sp³-hybridized carbons (Fsp3) is 0.158. The molecule has 0 heterocycles. The van der Waals surface area contributed by atoms with Crippen LogP contribution in [0.2, 0.25) is 0 Å². The largest absolute Gasteiger partial charge is 0.497 e. The number of aliphatic hydroxyl groups excluding tert-OH is 1. The minimum Gasteiger partial charge on any atom is -0.497 e. The van der Waals surface area contributed by atoms with Crippen molar-refractivity contribution in [1.29, 1.82) is 0 Å². The summed E-state index contributed by atoms with van der Waals surface area (Å²) in [6, 6.07) is 11.3. The van der Waals surface area contributed by atoms with Gasteiger partial charge in [0.1, 0.15) is 5.75 Å². The molecule has 0 spiro atoms. The Morgan fingerprint density at radius 2 is 1.33 bits per heavy atom. The van der Waals surface area contributed by atoms with Gasteiger partial charge in [0.15, 0.2) is 6.10 Å². The molecule has 0 aliphatic rings. The van der Waals surface area contributed by atoms with Crippen LogP contribution in [0.3, 0.4) is 0 Å². The first kappa shape index (κ1) is 17.5. The highest BCUT2D eigenvalue weighted by molar-refractivity contribution is 5.42. The van der Waals surface area contributed by atoms with E-state index in [1.165, 1.54) is 12.1 Å². The average Bonchev–Trinajstić information content (AvgIpc) is 2.58. The molecule has 0 saturated carbocycles. The SMILES string of the molecule is COc1ccc(C#CC(O)C#Cc2ccc(C(F)(F)F)cc2)cc1. The van der Waals surface area contributed by atoms with Gasteiger partial charge in [-0.25, -0.2) is 0 Å². The lowest BCUT2D eigenvalue weighted by Crippen LogP contribution is -2.04. The zero-order valence-electron chi connectivity index (χ0n) is 12.7. The highest BCUT2D eigenvalue weighted by Crippen LogP contribution is 2.28. The number of benzene rings is 2. The van der Waals surface area contributed by atoms with Gasteiger partial charge in [0, 0.05) is 11.1 Å². The van der Waals surface area contributed by atoms with Gasteiger partial charge in [0.2, 0.25) is 0 Å². The summed E-state index contributed by atoms with van der Waals surface area (Å²) in [7, 11) is 1.56. The smallest absolute Gasteiger partial charge is 0.416 e. The van der Waals surface area contributed by atoms with E-state index in [2.05, 4.69) is 23.7 Å². The second-order valence-corrected chi connectivity index (χ2v) is 4.74. The number of halogens is 3. The normalized spacial score (nSPS) is 11.5. The Morgan fingerprint density at radius 1 is 0.875 bits per heavy atom. The molecule has 2 nitrogen and oxygen atoms in total. The van der Waals surface area contributed by atoms with Crippen LogP contribution in [0, 0.1) is 23.7 Å². The van der Waals surface area contributed by atoms with Crippen LogP contribution >= 0.6 is 0 Å². The van der Waals surface area contributed by atoms with Gasteiger partial charge in [0.25, 0.3) is 0 Å². The number of hydrogen-bond acceptors (Lipinski definition) is 2. The van der Waals surface area contributed by atoms with Crippen molar-refractivity contribution >= 4 is 0 Å². The Morgan fingerprint density at radius 3 is 1.75 bits per heavy atom. The minimum atomic E-state index is -4.38. The molecule has 1 N–H and O–H groups in total. The van der Waals surface area contributed by atoms with Gasteiger partial charge in [-0.3, -0.25) is 0 Å². The van der Waals surface area contributed by atoms with E-state index in [1.807, 2.05) is 0 Å². The molecule has 0 saturated heterocycles. The second-order valence-electron chi connectivity index (χ2n) is 4.74. The van der Waals surface area contributed by atoms with Gasteiger partial charge < -0.3 is 9.84 Å². The molecule has 0 aromatic heterocycles. The summed E-state index contributed by atoms with van der Waals surface area (Å²) in [5, 5.41) is 9.70. The second kappa shape index (κ2) is 7.59. The number of aliphatic hydroxyl groups is 1. The summed E-state index contributed by atoms with van der Waals surface area (Å²) >= 11 is 0. The van der Waals surface area contributed by atoms with Gasteiger partial charge in [-0.05, 0) is 48.5 Å². The molecule has 2 rings (SSSR count). The van der Waals surface area contributed by atoms with Crippen molar-refractivity contribution in [1.82, 2.24) is 0 Å². The molecule has 24 heavy (non-hydrogen) atoms. The first-order valence-electron chi connectivity index (χ1n) is 6.91. The van der Waals surface area contributed by atoms with E-state index in [9.17, 15) is 18.3 Å². The van der Waals surface area contributed by atoms with E-state index in [1.54, 1.807) is 31.4 Å². The van der Waals surface area contributed by atoms with Gasteiger partial charge in [-0.2, -0.15) is 13.2 Å². The van der Waals surface area contributed by atoms with Crippen molar-refractivity contribution < 1.29 is 23.0 Å².